The first-order valence-electron chi connectivity index (χ1n) is 7.20. The first-order valence-corrected chi connectivity index (χ1v) is 7.20. The highest BCUT2D eigenvalue weighted by Crippen LogP contribution is 2.32. The van der Waals surface area contributed by atoms with Crippen molar-refractivity contribution in [3.05, 3.63) is 64.5 Å². The monoisotopic (exact) mass is 287 g/mol. The molecule has 0 heterocycles. The Morgan fingerprint density at radius 3 is 2.33 bits per heavy atom. The van der Waals surface area contributed by atoms with Crippen molar-refractivity contribution in [3.63, 3.8) is 0 Å². The van der Waals surface area contributed by atoms with Crippen molar-refractivity contribution in [2.75, 3.05) is 13.7 Å². The lowest BCUT2D eigenvalue weighted by molar-refractivity contribution is 0.403. The molecule has 0 spiro atoms. The van der Waals surface area contributed by atoms with Crippen molar-refractivity contribution < 1.29 is 9.13 Å². The zero-order valence-corrected chi connectivity index (χ0v) is 13.0. The van der Waals surface area contributed by atoms with Crippen LogP contribution in [0.4, 0.5) is 4.39 Å². The Balaban J connectivity index is 2.55. The molecule has 112 valence electrons. The number of aryl methyl sites for hydroxylation is 2. The molecule has 1 unspecified atom stereocenters. The molecule has 0 bridgehead atoms. The van der Waals surface area contributed by atoms with Gasteiger partial charge in [0.2, 0.25) is 0 Å². The molecule has 0 aliphatic heterocycles. The zero-order chi connectivity index (χ0) is 15.4. The molecule has 0 radical (unpaired) electrons. The van der Waals surface area contributed by atoms with Gasteiger partial charge in [-0.05, 0) is 38.1 Å². The van der Waals surface area contributed by atoms with E-state index in [2.05, 4.69) is 5.32 Å². The first kappa shape index (κ1) is 15.5. The molecule has 1 atom stereocenters. The fourth-order valence-corrected chi connectivity index (χ4v) is 2.54. The van der Waals surface area contributed by atoms with E-state index < -0.39 is 0 Å². The molecule has 0 aliphatic carbocycles. The third kappa shape index (κ3) is 3.42. The van der Waals surface area contributed by atoms with E-state index in [4.69, 9.17) is 4.74 Å². The summed E-state index contributed by atoms with van der Waals surface area (Å²) in [6, 6.07) is 11.1. The van der Waals surface area contributed by atoms with Crippen LogP contribution < -0.4 is 10.1 Å². The van der Waals surface area contributed by atoms with Crippen molar-refractivity contribution in [1.82, 2.24) is 5.32 Å². The molecular formula is C18H22FNO. The summed E-state index contributed by atoms with van der Waals surface area (Å²) in [6.07, 6.45) is 0. The molecule has 2 rings (SSSR count). The molecule has 0 aromatic heterocycles. The Labute approximate surface area is 126 Å². The van der Waals surface area contributed by atoms with E-state index in [-0.39, 0.29) is 11.9 Å². The first-order chi connectivity index (χ1) is 10.1. The third-order valence-corrected chi connectivity index (χ3v) is 3.57. The lowest BCUT2D eigenvalue weighted by Gasteiger charge is -2.22. The van der Waals surface area contributed by atoms with Crippen LogP contribution in [-0.2, 0) is 0 Å². The number of halogens is 1. The lowest BCUT2D eigenvalue weighted by Crippen LogP contribution is -2.23. The molecule has 0 amide bonds. The molecule has 0 saturated carbocycles. The maximum absolute atomic E-state index is 14.4. The number of rotatable bonds is 5. The van der Waals surface area contributed by atoms with Gasteiger partial charge in [-0.3, -0.25) is 0 Å². The zero-order valence-electron chi connectivity index (χ0n) is 13.0. The third-order valence-electron chi connectivity index (χ3n) is 3.57. The van der Waals surface area contributed by atoms with Gasteiger partial charge >= 0.3 is 0 Å². The van der Waals surface area contributed by atoms with E-state index in [0.717, 1.165) is 29.0 Å². The molecular weight excluding hydrogens is 265 g/mol. The lowest BCUT2D eigenvalue weighted by atomic mass is 9.95. The highest BCUT2D eigenvalue weighted by atomic mass is 19.1. The molecule has 3 heteroatoms. The second-order valence-electron chi connectivity index (χ2n) is 5.26. The molecule has 21 heavy (non-hydrogen) atoms. The molecule has 2 aromatic rings. The Hall–Kier alpha value is -1.87. The second kappa shape index (κ2) is 6.72. The van der Waals surface area contributed by atoms with E-state index in [1.54, 1.807) is 13.2 Å². The smallest absolute Gasteiger partial charge is 0.128 e. The van der Waals surface area contributed by atoms with Gasteiger partial charge in [-0.15, -0.1) is 0 Å². The van der Waals surface area contributed by atoms with Crippen LogP contribution in [0.25, 0.3) is 0 Å². The van der Waals surface area contributed by atoms with Crippen molar-refractivity contribution in [3.8, 4) is 5.75 Å². The average molecular weight is 287 g/mol. The summed E-state index contributed by atoms with van der Waals surface area (Å²) in [7, 11) is 1.64. The van der Waals surface area contributed by atoms with Gasteiger partial charge in [0, 0.05) is 11.1 Å². The largest absolute Gasteiger partial charge is 0.496 e. The van der Waals surface area contributed by atoms with Gasteiger partial charge < -0.3 is 10.1 Å². The number of methoxy groups -OCH3 is 1. The summed E-state index contributed by atoms with van der Waals surface area (Å²) in [4.78, 5) is 0. The number of hydrogen-bond acceptors (Lipinski definition) is 2. The van der Waals surface area contributed by atoms with Gasteiger partial charge in [0.15, 0.2) is 0 Å². The van der Waals surface area contributed by atoms with Crippen molar-refractivity contribution in [1.29, 1.82) is 0 Å². The number of nitrogens with one attached hydrogen (secondary N) is 1. The van der Waals surface area contributed by atoms with E-state index in [0.29, 0.717) is 5.56 Å². The van der Waals surface area contributed by atoms with E-state index in [1.165, 1.54) is 0 Å². The predicted molar refractivity (Wildman–Crippen MR) is 84.4 cm³/mol. The van der Waals surface area contributed by atoms with Crippen molar-refractivity contribution >= 4 is 0 Å². The fraction of sp³-hybridized carbons (Fsp3) is 0.333. The Morgan fingerprint density at radius 1 is 1.05 bits per heavy atom. The molecule has 2 nitrogen and oxygen atoms in total. The second-order valence-corrected chi connectivity index (χ2v) is 5.26. The maximum Gasteiger partial charge on any atom is 0.128 e. The molecule has 0 fully saturated rings. The highest BCUT2D eigenvalue weighted by Gasteiger charge is 2.20. The number of hydrogen-bond donors (Lipinski definition) is 1. The Bertz CT molecular complexity index is 625. The summed E-state index contributed by atoms with van der Waals surface area (Å²) < 4.78 is 19.8. The van der Waals surface area contributed by atoms with Gasteiger partial charge in [0.05, 0.1) is 13.2 Å². The van der Waals surface area contributed by atoms with Crippen molar-refractivity contribution in [2.24, 2.45) is 0 Å². The number of ether oxygens (including phenoxy) is 1. The van der Waals surface area contributed by atoms with E-state index in [1.807, 2.05) is 51.1 Å². The summed E-state index contributed by atoms with van der Waals surface area (Å²) >= 11 is 0. The van der Waals surface area contributed by atoms with Crippen LogP contribution >= 0.6 is 0 Å². The maximum atomic E-state index is 14.4. The molecule has 1 N–H and O–H groups in total. The normalized spacial score (nSPS) is 12.2. The topological polar surface area (TPSA) is 21.3 Å². The van der Waals surface area contributed by atoms with E-state index in [9.17, 15) is 4.39 Å². The van der Waals surface area contributed by atoms with E-state index >= 15 is 0 Å². The number of benzene rings is 2. The van der Waals surface area contributed by atoms with Crippen LogP contribution in [-0.4, -0.2) is 13.7 Å². The molecule has 0 saturated heterocycles. The minimum absolute atomic E-state index is 0.190. The standard InChI is InChI=1S/C18H22FNO/c1-5-20-18(14-8-6-13(3)11-16(14)19)15-10-12(2)7-9-17(15)21-4/h6-11,18,20H,5H2,1-4H3. The minimum atomic E-state index is -0.217. The van der Waals surface area contributed by atoms with Gasteiger partial charge in [-0.25, -0.2) is 4.39 Å². The minimum Gasteiger partial charge on any atom is -0.496 e. The summed E-state index contributed by atoms with van der Waals surface area (Å²) in [5, 5.41) is 3.36. The van der Waals surface area contributed by atoms with Crippen LogP contribution in [0.15, 0.2) is 36.4 Å². The van der Waals surface area contributed by atoms with Crippen LogP contribution in [0.1, 0.15) is 35.2 Å². The van der Waals surface area contributed by atoms with Gasteiger partial charge in [-0.2, -0.15) is 0 Å². The molecule has 0 aliphatic rings. The summed E-state index contributed by atoms with van der Waals surface area (Å²) in [5.74, 6) is 0.580. The van der Waals surface area contributed by atoms with Gasteiger partial charge in [-0.1, -0.05) is 36.8 Å². The van der Waals surface area contributed by atoms with Crippen LogP contribution in [0, 0.1) is 19.7 Å². The summed E-state index contributed by atoms with van der Waals surface area (Å²) in [6.45, 7) is 6.68. The van der Waals surface area contributed by atoms with Crippen LogP contribution in [0.5, 0.6) is 5.75 Å². The predicted octanol–water partition coefficient (Wildman–Crippen LogP) is 4.15. The quantitative estimate of drug-likeness (QED) is 0.892. The Morgan fingerprint density at radius 2 is 1.71 bits per heavy atom. The average Bonchev–Trinajstić information content (AvgIpc) is 2.45. The summed E-state index contributed by atoms with van der Waals surface area (Å²) in [5.41, 5.74) is 3.65. The van der Waals surface area contributed by atoms with Crippen LogP contribution in [0.3, 0.4) is 0 Å². The van der Waals surface area contributed by atoms with Gasteiger partial charge in [0.25, 0.3) is 0 Å². The fourth-order valence-electron chi connectivity index (χ4n) is 2.54. The molecule has 2 aromatic carbocycles. The SMILES string of the molecule is CCNC(c1ccc(C)cc1F)c1cc(C)ccc1OC. The van der Waals surface area contributed by atoms with Gasteiger partial charge in [0.1, 0.15) is 11.6 Å². The van der Waals surface area contributed by atoms with Crippen molar-refractivity contribution in [2.45, 2.75) is 26.8 Å². The highest BCUT2D eigenvalue weighted by molar-refractivity contribution is 5.44. The Kier molecular flexibility index (Phi) is 4.97. The van der Waals surface area contributed by atoms with Crippen LogP contribution in [0.2, 0.25) is 0 Å².